The van der Waals surface area contributed by atoms with Crippen molar-refractivity contribution in [3.63, 3.8) is 0 Å². The molecule has 0 bridgehead atoms. The van der Waals surface area contributed by atoms with Gasteiger partial charge < -0.3 is 4.57 Å². The molecule has 3 heteroatoms. The van der Waals surface area contributed by atoms with E-state index >= 15 is 0 Å². The van der Waals surface area contributed by atoms with E-state index < -0.39 is 0 Å². The molecule has 0 aliphatic rings. The third-order valence-electron chi connectivity index (χ3n) is 2.30. The van der Waals surface area contributed by atoms with Gasteiger partial charge in [0.25, 0.3) is 0 Å². The fourth-order valence-electron chi connectivity index (χ4n) is 1.51. The number of nitrogens with zero attached hydrogens (tertiary/aromatic N) is 2. The zero-order valence-corrected chi connectivity index (χ0v) is 9.64. The number of rotatable bonds is 4. The highest BCUT2D eigenvalue weighted by atomic mass is 35.5. The Kier molecular flexibility index (Phi) is 3.78. The molecule has 0 spiro atoms. The molecule has 1 aromatic heterocycles. The SMILES string of the molecule is ClCC=Cc1ccc(Cn2ccnc2)cc1. The average Bonchev–Trinajstić information content (AvgIpc) is 2.81. The predicted molar refractivity (Wildman–Crippen MR) is 67.5 cm³/mol. The minimum Gasteiger partial charge on any atom is -0.333 e. The van der Waals surface area contributed by atoms with Crippen molar-refractivity contribution >= 4 is 17.7 Å². The Morgan fingerprint density at radius 2 is 2.06 bits per heavy atom. The van der Waals surface area contributed by atoms with E-state index in [1.807, 2.05) is 29.2 Å². The second kappa shape index (κ2) is 5.52. The summed E-state index contributed by atoms with van der Waals surface area (Å²) in [4.78, 5) is 4.01. The molecule has 82 valence electrons. The normalized spacial score (nSPS) is 11.1. The van der Waals surface area contributed by atoms with Crippen molar-refractivity contribution in [2.75, 3.05) is 5.88 Å². The van der Waals surface area contributed by atoms with E-state index in [1.54, 1.807) is 6.20 Å². The summed E-state index contributed by atoms with van der Waals surface area (Å²) in [5, 5.41) is 0. The number of allylic oxidation sites excluding steroid dienone is 1. The molecule has 1 heterocycles. The number of alkyl halides is 1. The summed E-state index contributed by atoms with van der Waals surface area (Å²) in [6, 6.07) is 8.42. The van der Waals surface area contributed by atoms with Gasteiger partial charge in [-0.3, -0.25) is 0 Å². The quantitative estimate of drug-likeness (QED) is 0.741. The number of hydrogen-bond acceptors (Lipinski definition) is 1. The summed E-state index contributed by atoms with van der Waals surface area (Å²) in [6.45, 7) is 0.861. The highest BCUT2D eigenvalue weighted by molar-refractivity contribution is 6.19. The minimum absolute atomic E-state index is 0.552. The second-order valence-electron chi connectivity index (χ2n) is 3.53. The summed E-state index contributed by atoms with van der Waals surface area (Å²) in [7, 11) is 0. The molecule has 2 aromatic rings. The monoisotopic (exact) mass is 232 g/mol. The van der Waals surface area contributed by atoms with Crippen molar-refractivity contribution in [1.29, 1.82) is 0 Å². The number of aromatic nitrogens is 2. The summed E-state index contributed by atoms with van der Waals surface area (Å²) >= 11 is 5.58. The average molecular weight is 233 g/mol. The van der Waals surface area contributed by atoms with E-state index in [4.69, 9.17) is 11.6 Å². The zero-order chi connectivity index (χ0) is 11.2. The summed E-state index contributed by atoms with van der Waals surface area (Å²) in [5.74, 6) is 0.552. The number of hydrogen-bond donors (Lipinski definition) is 0. The van der Waals surface area contributed by atoms with E-state index in [-0.39, 0.29) is 0 Å². The smallest absolute Gasteiger partial charge is 0.0949 e. The van der Waals surface area contributed by atoms with E-state index in [1.165, 1.54) is 11.1 Å². The Bertz CT molecular complexity index is 443. The van der Waals surface area contributed by atoms with E-state index in [0.717, 1.165) is 6.54 Å². The lowest BCUT2D eigenvalue weighted by Gasteiger charge is -2.02. The molecule has 0 aliphatic carbocycles. The lowest BCUT2D eigenvalue weighted by molar-refractivity contribution is 0.797. The first-order valence-corrected chi connectivity index (χ1v) is 5.69. The topological polar surface area (TPSA) is 17.8 Å². The molecule has 0 radical (unpaired) electrons. The molecular weight excluding hydrogens is 220 g/mol. The lowest BCUT2D eigenvalue weighted by atomic mass is 10.1. The molecular formula is C13H13ClN2. The van der Waals surface area contributed by atoms with Gasteiger partial charge in [-0.2, -0.15) is 0 Å². The molecule has 2 rings (SSSR count). The van der Waals surface area contributed by atoms with Gasteiger partial charge in [0.1, 0.15) is 0 Å². The summed E-state index contributed by atoms with van der Waals surface area (Å²) in [6.07, 6.45) is 9.53. The van der Waals surface area contributed by atoms with Crippen molar-refractivity contribution < 1.29 is 0 Å². The summed E-state index contributed by atoms with van der Waals surface area (Å²) in [5.41, 5.74) is 2.44. The van der Waals surface area contributed by atoms with Gasteiger partial charge in [-0.05, 0) is 11.1 Å². The molecule has 0 amide bonds. The van der Waals surface area contributed by atoms with Crippen molar-refractivity contribution in [1.82, 2.24) is 9.55 Å². The van der Waals surface area contributed by atoms with Crippen LogP contribution in [0.25, 0.3) is 6.08 Å². The van der Waals surface area contributed by atoms with Gasteiger partial charge in [0.15, 0.2) is 0 Å². The van der Waals surface area contributed by atoms with Crippen LogP contribution in [0.4, 0.5) is 0 Å². The van der Waals surface area contributed by atoms with Crippen LogP contribution in [-0.2, 0) is 6.54 Å². The highest BCUT2D eigenvalue weighted by Gasteiger charge is 1.94. The fourth-order valence-corrected chi connectivity index (χ4v) is 1.59. The lowest BCUT2D eigenvalue weighted by Crippen LogP contribution is -1.95. The van der Waals surface area contributed by atoms with E-state index in [2.05, 4.69) is 29.2 Å². The standard InChI is InChI=1S/C13H13ClN2/c14-7-1-2-12-3-5-13(6-4-12)10-16-9-8-15-11-16/h1-6,8-9,11H,7,10H2. The largest absolute Gasteiger partial charge is 0.333 e. The van der Waals surface area contributed by atoms with Gasteiger partial charge in [0, 0.05) is 24.8 Å². The maximum absolute atomic E-state index is 5.58. The number of benzene rings is 1. The van der Waals surface area contributed by atoms with Crippen molar-refractivity contribution in [2.45, 2.75) is 6.54 Å². The Morgan fingerprint density at radius 1 is 1.25 bits per heavy atom. The molecule has 2 nitrogen and oxygen atoms in total. The molecule has 0 unspecified atom stereocenters. The molecule has 0 atom stereocenters. The number of halogens is 1. The molecule has 1 aromatic carbocycles. The molecule has 0 saturated heterocycles. The first-order valence-electron chi connectivity index (χ1n) is 5.15. The number of imidazole rings is 1. The predicted octanol–water partition coefficient (Wildman–Crippen LogP) is 3.18. The Labute approximate surface area is 100 Å². The van der Waals surface area contributed by atoms with Crippen LogP contribution in [0.3, 0.4) is 0 Å². The van der Waals surface area contributed by atoms with Gasteiger partial charge in [0.05, 0.1) is 6.33 Å². The van der Waals surface area contributed by atoms with Crippen LogP contribution in [0.2, 0.25) is 0 Å². The van der Waals surface area contributed by atoms with E-state index in [9.17, 15) is 0 Å². The first-order chi connectivity index (χ1) is 7.88. The van der Waals surface area contributed by atoms with Crippen LogP contribution in [-0.4, -0.2) is 15.4 Å². The van der Waals surface area contributed by atoms with Gasteiger partial charge in [-0.15, -0.1) is 11.6 Å². The Hall–Kier alpha value is -1.54. The third kappa shape index (κ3) is 2.97. The van der Waals surface area contributed by atoms with Crippen LogP contribution in [0.1, 0.15) is 11.1 Å². The van der Waals surface area contributed by atoms with Gasteiger partial charge in [0.2, 0.25) is 0 Å². The maximum atomic E-state index is 5.58. The Morgan fingerprint density at radius 3 is 2.69 bits per heavy atom. The van der Waals surface area contributed by atoms with Gasteiger partial charge >= 0.3 is 0 Å². The van der Waals surface area contributed by atoms with Crippen LogP contribution in [0, 0.1) is 0 Å². The molecule has 16 heavy (non-hydrogen) atoms. The molecule has 0 N–H and O–H groups in total. The van der Waals surface area contributed by atoms with Crippen LogP contribution in [0.15, 0.2) is 49.1 Å². The minimum atomic E-state index is 0.552. The van der Waals surface area contributed by atoms with E-state index in [0.29, 0.717) is 5.88 Å². The first kappa shape index (κ1) is 11.0. The summed E-state index contributed by atoms with van der Waals surface area (Å²) < 4.78 is 2.05. The maximum Gasteiger partial charge on any atom is 0.0949 e. The highest BCUT2D eigenvalue weighted by Crippen LogP contribution is 2.08. The van der Waals surface area contributed by atoms with Crippen molar-refractivity contribution in [2.24, 2.45) is 0 Å². The van der Waals surface area contributed by atoms with Crippen LogP contribution < -0.4 is 0 Å². The Balaban J connectivity index is 2.05. The van der Waals surface area contributed by atoms with Gasteiger partial charge in [-0.25, -0.2) is 4.98 Å². The fraction of sp³-hybridized carbons (Fsp3) is 0.154. The molecule has 0 saturated carbocycles. The van der Waals surface area contributed by atoms with Gasteiger partial charge in [-0.1, -0.05) is 36.4 Å². The third-order valence-corrected chi connectivity index (χ3v) is 2.48. The zero-order valence-electron chi connectivity index (χ0n) is 8.88. The van der Waals surface area contributed by atoms with Crippen LogP contribution >= 0.6 is 11.6 Å². The molecule has 0 aliphatic heterocycles. The second-order valence-corrected chi connectivity index (χ2v) is 3.84. The van der Waals surface area contributed by atoms with Crippen molar-refractivity contribution in [3.8, 4) is 0 Å². The van der Waals surface area contributed by atoms with Crippen molar-refractivity contribution in [3.05, 3.63) is 60.2 Å². The molecule has 0 fully saturated rings. The van der Waals surface area contributed by atoms with Crippen LogP contribution in [0.5, 0.6) is 0 Å².